The first-order valence-corrected chi connectivity index (χ1v) is 5.15. The first-order valence-electron chi connectivity index (χ1n) is 5.15. The number of hydrogen-bond acceptors (Lipinski definition) is 1. The number of rotatable bonds is 4. The van der Waals surface area contributed by atoms with Gasteiger partial charge in [-0.05, 0) is 37.8 Å². The summed E-state index contributed by atoms with van der Waals surface area (Å²) < 4.78 is 0. The fourth-order valence-corrected chi connectivity index (χ4v) is 1.34. The van der Waals surface area contributed by atoms with Crippen molar-refractivity contribution >= 4 is 0 Å². The highest BCUT2D eigenvalue weighted by Gasteiger charge is 2.00. The molecule has 1 heteroatoms. The summed E-state index contributed by atoms with van der Waals surface area (Å²) in [5.41, 5.74) is 2.36. The monoisotopic (exact) mass is 177 g/mol. The molecule has 0 aliphatic carbocycles. The third-order valence-corrected chi connectivity index (χ3v) is 2.54. The third kappa shape index (κ3) is 3.58. The molecule has 0 aliphatic heterocycles. The zero-order valence-electron chi connectivity index (χ0n) is 8.88. The first-order chi connectivity index (χ1) is 6.22. The van der Waals surface area contributed by atoms with Crippen LogP contribution in [0.25, 0.3) is 0 Å². The molecule has 0 aromatic carbocycles. The van der Waals surface area contributed by atoms with Gasteiger partial charge in [-0.25, -0.2) is 0 Å². The fraction of sp³-hybridized carbons (Fsp3) is 0.583. The molecule has 1 heterocycles. The van der Waals surface area contributed by atoms with E-state index in [0.29, 0.717) is 0 Å². The van der Waals surface area contributed by atoms with E-state index in [0.717, 1.165) is 18.0 Å². The molecule has 1 aromatic heterocycles. The highest BCUT2D eigenvalue weighted by molar-refractivity contribution is 5.09. The van der Waals surface area contributed by atoms with Crippen molar-refractivity contribution in [2.75, 3.05) is 0 Å². The SMILES string of the molecule is CCC(C)CCc1cccc(C)n1. The molecule has 1 unspecified atom stereocenters. The minimum Gasteiger partial charge on any atom is -0.258 e. The van der Waals surface area contributed by atoms with E-state index in [9.17, 15) is 0 Å². The molecule has 0 N–H and O–H groups in total. The molecule has 0 radical (unpaired) electrons. The van der Waals surface area contributed by atoms with Crippen LogP contribution in [0.1, 0.15) is 38.1 Å². The van der Waals surface area contributed by atoms with Crippen LogP contribution in [0.3, 0.4) is 0 Å². The highest BCUT2D eigenvalue weighted by Crippen LogP contribution is 2.10. The molecular formula is C12H19N. The summed E-state index contributed by atoms with van der Waals surface area (Å²) in [5.74, 6) is 0.822. The second-order valence-corrected chi connectivity index (χ2v) is 3.82. The standard InChI is InChI=1S/C12H19N/c1-4-10(2)8-9-12-7-5-6-11(3)13-12/h5-7,10H,4,8-9H2,1-3H3. The van der Waals surface area contributed by atoms with Crippen molar-refractivity contribution in [1.29, 1.82) is 0 Å². The van der Waals surface area contributed by atoms with Gasteiger partial charge in [0.1, 0.15) is 0 Å². The summed E-state index contributed by atoms with van der Waals surface area (Å²) in [6, 6.07) is 6.26. The van der Waals surface area contributed by atoms with E-state index in [-0.39, 0.29) is 0 Å². The average Bonchev–Trinajstić information content (AvgIpc) is 2.14. The van der Waals surface area contributed by atoms with E-state index in [1.807, 2.05) is 13.0 Å². The van der Waals surface area contributed by atoms with Gasteiger partial charge in [0.25, 0.3) is 0 Å². The van der Waals surface area contributed by atoms with Crippen LogP contribution in [0.15, 0.2) is 18.2 Å². The molecule has 13 heavy (non-hydrogen) atoms. The van der Waals surface area contributed by atoms with Crippen LogP contribution in [-0.4, -0.2) is 4.98 Å². The Hall–Kier alpha value is -0.850. The van der Waals surface area contributed by atoms with Crippen LogP contribution in [0.2, 0.25) is 0 Å². The largest absolute Gasteiger partial charge is 0.258 e. The smallest absolute Gasteiger partial charge is 0.0406 e. The zero-order chi connectivity index (χ0) is 9.68. The lowest BCUT2D eigenvalue weighted by Gasteiger charge is -2.07. The van der Waals surface area contributed by atoms with E-state index in [2.05, 4.69) is 31.0 Å². The predicted molar refractivity (Wildman–Crippen MR) is 56.8 cm³/mol. The average molecular weight is 177 g/mol. The Balaban J connectivity index is 2.45. The van der Waals surface area contributed by atoms with E-state index < -0.39 is 0 Å². The molecule has 0 amide bonds. The molecule has 1 nitrogen and oxygen atoms in total. The van der Waals surface area contributed by atoms with Gasteiger partial charge in [0.15, 0.2) is 0 Å². The van der Waals surface area contributed by atoms with Crippen molar-refractivity contribution in [1.82, 2.24) is 4.98 Å². The molecule has 1 aromatic rings. The van der Waals surface area contributed by atoms with Gasteiger partial charge >= 0.3 is 0 Å². The Morgan fingerprint density at radius 3 is 2.77 bits per heavy atom. The summed E-state index contributed by atoms with van der Waals surface area (Å²) in [6.07, 6.45) is 3.65. The molecule has 72 valence electrons. The Kier molecular flexibility index (Phi) is 3.94. The molecule has 1 atom stereocenters. The van der Waals surface area contributed by atoms with Crippen LogP contribution < -0.4 is 0 Å². The van der Waals surface area contributed by atoms with Crippen LogP contribution in [0, 0.1) is 12.8 Å². The molecular weight excluding hydrogens is 158 g/mol. The van der Waals surface area contributed by atoms with Crippen molar-refractivity contribution in [3.05, 3.63) is 29.6 Å². The van der Waals surface area contributed by atoms with Gasteiger partial charge in [-0.15, -0.1) is 0 Å². The lowest BCUT2D eigenvalue weighted by Crippen LogP contribution is -1.98. The Morgan fingerprint density at radius 1 is 1.38 bits per heavy atom. The van der Waals surface area contributed by atoms with Gasteiger partial charge in [-0.1, -0.05) is 26.3 Å². The van der Waals surface area contributed by atoms with Crippen LogP contribution in [0.5, 0.6) is 0 Å². The van der Waals surface area contributed by atoms with E-state index in [1.54, 1.807) is 0 Å². The van der Waals surface area contributed by atoms with Gasteiger partial charge in [-0.3, -0.25) is 4.98 Å². The summed E-state index contributed by atoms with van der Waals surface area (Å²) in [7, 11) is 0. The Labute approximate surface area is 81.2 Å². The summed E-state index contributed by atoms with van der Waals surface area (Å²) in [5, 5.41) is 0. The molecule has 0 saturated heterocycles. The quantitative estimate of drug-likeness (QED) is 0.687. The summed E-state index contributed by atoms with van der Waals surface area (Å²) in [4.78, 5) is 4.48. The zero-order valence-corrected chi connectivity index (χ0v) is 8.88. The molecule has 0 aliphatic rings. The number of pyridine rings is 1. The van der Waals surface area contributed by atoms with Gasteiger partial charge in [0.2, 0.25) is 0 Å². The molecule has 0 saturated carbocycles. The maximum atomic E-state index is 4.48. The minimum atomic E-state index is 0.822. The van der Waals surface area contributed by atoms with Gasteiger partial charge in [0, 0.05) is 11.4 Å². The number of aromatic nitrogens is 1. The Morgan fingerprint density at radius 2 is 2.15 bits per heavy atom. The van der Waals surface area contributed by atoms with Crippen molar-refractivity contribution in [2.45, 2.75) is 40.0 Å². The second kappa shape index (κ2) is 5.00. The predicted octanol–water partition coefficient (Wildman–Crippen LogP) is 3.37. The highest BCUT2D eigenvalue weighted by atomic mass is 14.7. The first kappa shape index (κ1) is 10.2. The number of nitrogens with zero attached hydrogens (tertiary/aromatic N) is 1. The Bertz CT molecular complexity index is 255. The van der Waals surface area contributed by atoms with Crippen LogP contribution in [0.4, 0.5) is 0 Å². The lowest BCUT2D eigenvalue weighted by molar-refractivity contribution is 0.513. The molecule has 0 spiro atoms. The van der Waals surface area contributed by atoms with Crippen molar-refractivity contribution < 1.29 is 0 Å². The molecule has 1 rings (SSSR count). The summed E-state index contributed by atoms with van der Waals surface area (Å²) >= 11 is 0. The van der Waals surface area contributed by atoms with E-state index in [4.69, 9.17) is 0 Å². The van der Waals surface area contributed by atoms with Crippen molar-refractivity contribution in [3.63, 3.8) is 0 Å². The van der Waals surface area contributed by atoms with E-state index in [1.165, 1.54) is 18.5 Å². The second-order valence-electron chi connectivity index (χ2n) is 3.82. The molecule has 0 fully saturated rings. The van der Waals surface area contributed by atoms with Crippen LogP contribution >= 0.6 is 0 Å². The van der Waals surface area contributed by atoms with Gasteiger partial charge in [0.05, 0.1) is 0 Å². The lowest BCUT2D eigenvalue weighted by atomic mass is 10.0. The minimum absolute atomic E-state index is 0.822. The van der Waals surface area contributed by atoms with Crippen LogP contribution in [-0.2, 0) is 6.42 Å². The van der Waals surface area contributed by atoms with Gasteiger partial charge < -0.3 is 0 Å². The summed E-state index contributed by atoms with van der Waals surface area (Å²) in [6.45, 7) is 6.59. The third-order valence-electron chi connectivity index (χ3n) is 2.54. The normalized spacial score (nSPS) is 12.8. The molecule has 0 bridgehead atoms. The van der Waals surface area contributed by atoms with Crippen molar-refractivity contribution in [3.8, 4) is 0 Å². The number of aryl methyl sites for hydroxylation is 2. The maximum Gasteiger partial charge on any atom is 0.0406 e. The van der Waals surface area contributed by atoms with Gasteiger partial charge in [-0.2, -0.15) is 0 Å². The maximum absolute atomic E-state index is 4.48. The number of hydrogen-bond donors (Lipinski definition) is 0. The fourth-order valence-electron chi connectivity index (χ4n) is 1.34. The topological polar surface area (TPSA) is 12.9 Å². The van der Waals surface area contributed by atoms with E-state index >= 15 is 0 Å². The van der Waals surface area contributed by atoms with Crippen molar-refractivity contribution in [2.24, 2.45) is 5.92 Å².